The van der Waals surface area contributed by atoms with Crippen LogP contribution < -0.4 is 4.74 Å². The summed E-state index contributed by atoms with van der Waals surface area (Å²) in [5, 5.41) is 0. The molecule has 1 aliphatic rings. The van der Waals surface area contributed by atoms with E-state index in [-0.39, 0.29) is 18.9 Å². The van der Waals surface area contributed by atoms with E-state index in [1.807, 2.05) is 24.3 Å². The number of hydrogen-bond donors (Lipinski definition) is 0. The Morgan fingerprint density at radius 3 is 1.95 bits per heavy atom. The van der Waals surface area contributed by atoms with Crippen molar-refractivity contribution in [2.75, 3.05) is 0 Å². The van der Waals surface area contributed by atoms with Gasteiger partial charge in [0, 0.05) is 5.56 Å². The van der Waals surface area contributed by atoms with Crippen LogP contribution in [-0.2, 0) is 12.6 Å². The van der Waals surface area contributed by atoms with Crippen molar-refractivity contribution in [1.82, 2.24) is 0 Å². The van der Waals surface area contributed by atoms with Crippen molar-refractivity contribution in [3.8, 4) is 22.6 Å². The lowest BCUT2D eigenvalue weighted by Crippen LogP contribution is -2.15. The summed E-state index contributed by atoms with van der Waals surface area (Å²) in [6, 6.07) is 14.0. The van der Waals surface area contributed by atoms with Crippen molar-refractivity contribution in [1.29, 1.82) is 0 Å². The first-order chi connectivity index (χ1) is 17.2. The van der Waals surface area contributed by atoms with Gasteiger partial charge >= 0.3 is 6.18 Å². The zero-order valence-corrected chi connectivity index (χ0v) is 20.4. The summed E-state index contributed by atoms with van der Waals surface area (Å²) in [7, 11) is 0. The molecular formula is C31H35F5O. The van der Waals surface area contributed by atoms with Crippen LogP contribution >= 0.6 is 0 Å². The van der Waals surface area contributed by atoms with Gasteiger partial charge in [0.2, 0.25) is 5.82 Å². The zero-order chi connectivity index (χ0) is 25.7. The highest BCUT2D eigenvalue weighted by Crippen LogP contribution is 2.39. The van der Waals surface area contributed by atoms with Crippen molar-refractivity contribution >= 4 is 0 Å². The highest BCUT2D eigenvalue weighted by atomic mass is 19.4. The van der Waals surface area contributed by atoms with Crippen LogP contribution in [0, 0.1) is 23.5 Å². The van der Waals surface area contributed by atoms with E-state index in [4.69, 9.17) is 4.74 Å². The van der Waals surface area contributed by atoms with Crippen molar-refractivity contribution in [3.05, 3.63) is 83.4 Å². The Hall–Kier alpha value is -2.89. The molecule has 0 N–H and O–H groups in total. The summed E-state index contributed by atoms with van der Waals surface area (Å²) in [4.78, 5) is 0. The SMILES string of the molecule is C.CCCC1CCC(CCc2ccc(-c3ccc(F)c(F)c3Oc3ccc(C(F)(F)F)cc3)cc2)CC1. The van der Waals surface area contributed by atoms with Gasteiger partial charge in [-0.25, -0.2) is 4.39 Å². The maximum atomic E-state index is 14.7. The first kappa shape index (κ1) is 28.7. The minimum absolute atomic E-state index is 0. The fraction of sp³-hybridized carbons (Fsp3) is 0.419. The molecular weight excluding hydrogens is 483 g/mol. The molecule has 200 valence electrons. The fourth-order valence-corrected chi connectivity index (χ4v) is 5.13. The van der Waals surface area contributed by atoms with Crippen LogP contribution in [0.1, 0.15) is 70.4 Å². The standard InChI is InChI=1S/C30H31F5O.CH4/c1-2-3-20-4-6-21(7-5-20)8-9-22-10-12-23(13-11-22)26-18-19-27(31)28(32)29(26)36-25-16-14-24(15-17-25)30(33,34)35;/h10-21H,2-9H2,1H3;1H4. The molecule has 0 radical (unpaired) electrons. The van der Waals surface area contributed by atoms with E-state index in [0.29, 0.717) is 11.1 Å². The molecule has 3 aromatic carbocycles. The van der Waals surface area contributed by atoms with Gasteiger partial charge in [-0.3, -0.25) is 0 Å². The molecule has 0 aromatic heterocycles. The number of halogens is 5. The number of aryl methyl sites for hydroxylation is 1. The highest BCUT2D eigenvalue weighted by Gasteiger charge is 2.30. The third kappa shape index (κ3) is 7.33. The average molecular weight is 519 g/mol. The van der Waals surface area contributed by atoms with Gasteiger partial charge in [-0.15, -0.1) is 0 Å². The van der Waals surface area contributed by atoms with Crippen LogP contribution in [0.4, 0.5) is 22.0 Å². The summed E-state index contributed by atoms with van der Waals surface area (Å²) in [6.45, 7) is 2.25. The Bertz CT molecular complexity index is 1130. The minimum Gasteiger partial charge on any atom is -0.454 e. The zero-order valence-electron chi connectivity index (χ0n) is 20.4. The van der Waals surface area contributed by atoms with E-state index >= 15 is 0 Å². The Balaban J connectivity index is 0.00000380. The molecule has 1 fully saturated rings. The van der Waals surface area contributed by atoms with Crippen molar-refractivity contribution < 1.29 is 26.7 Å². The second-order valence-electron chi connectivity index (χ2n) is 9.77. The predicted octanol–water partition coefficient (Wildman–Crippen LogP) is 10.6. The third-order valence-corrected chi connectivity index (χ3v) is 7.22. The minimum atomic E-state index is -4.50. The second kappa shape index (κ2) is 12.6. The Kier molecular flexibility index (Phi) is 9.74. The molecule has 0 amide bonds. The van der Waals surface area contributed by atoms with E-state index in [2.05, 4.69) is 6.92 Å². The summed E-state index contributed by atoms with van der Waals surface area (Å²) in [6.07, 6.45) is 5.46. The maximum absolute atomic E-state index is 14.7. The number of ether oxygens (including phenoxy) is 1. The molecule has 0 aliphatic heterocycles. The number of rotatable bonds is 8. The molecule has 0 atom stereocenters. The monoisotopic (exact) mass is 518 g/mol. The lowest BCUT2D eigenvalue weighted by molar-refractivity contribution is -0.137. The van der Waals surface area contributed by atoms with Gasteiger partial charge in [-0.2, -0.15) is 17.6 Å². The smallest absolute Gasteiger partial charge is 0.416 e. The predicted molar refractivity (Wildman–Crippen MR) is 139 cm³/mol. The van der Waals surface area contributed by atoms with Gasteiger partial charge in [0.25, 0.3) is 0 Å². The van der Waals surface area contributed by atoms with Gasteiger partial charge < -0.3 is 4.74 Å². The molecule has 0 unspecified atom stereocenters. The molecule has 0 bridgehead atoms. The van der Waals surface area contributed by atoms with Crippen LogP contribution in [0.25, 0.3) is 11.1 Å². The van der Waals surface area contributed by atoms with Crippen LogP contribution in [0.2, 0.25) is 0 Å². The quantitative estimate of drug-likeness (QED) is 0.270. The summed E-state index contributed by atoms with van der Waals surface area (Å²) in [5.74, 6) is -1.00. The van der Waals surface area contributed by atoms with Crippen LogP contribution in [-0.4, -0.2) is 0 Å². The first-order valence-electron chi connectivity index (χ1n) is 12.7. The second-order valence-corrected chi connectivity index (χ2v) is 9.77. The van der Waals surface area contributed by atoms with Gasteiger partial charge in [-0.1, -0.05) is 77.1 Å². The van der Waals surface area contributed by atoms with Crippen molar-refractivity contribution in [3.63, 3.8) is 0 Å². The fourth-order valence-electron chi connectivity index (χ4n) is 5.13. The maximum Gasteiger partial charge on any atom is 0.416 e. The van der Waals surface area contributed by atoms with Crippen molar-refractivity contribution in [2.24, 2.45) is 11.8 Å². The number of alkyl halides is 3. The van der Waals surface area contributed by atoms with Gasteiger partial charge in [-0.05, 0) is 72.2 Å². The van der Waals surface area contributed by atoms with E-state index in [9.17, 15) is 22.0 Å². The van der Waals surface area contributed by atoms with E-state index < -0.39 is 23.4 Å². The Morgan fingerprint density at radius 2 is 1.38 bits per heavy atom. The van der Waals surface area contributed by atoms with E-state index in [1.54, 1.807) is 0 Å². The molecule has 4 rings (SSSR count). The van der Waals surface area contributed by atoms with Crippen LogP contribution in [0.3, 0.4) is 0 Å². The lowest BCUT2D eigenvalue weighted by atomic mass is 9.78. The molecule has 0 heterocycles. The summed E-state index contributed by atoms with van der Waals surface area (Å²) >= 11 is 0. The third-order valence-electron chi connectivity index (χ3n) is 7.22. The lowest BCUT2D eigenvalue weighted by Gasteiger charge is -2.28. The Labute approximate surface area is 216 Å². The first-order valence-corrected chi connectivity index (χ1v) is 12.7. The Morgan fingerprint density at radius 1 is 0.784 bits per heavy atom. The largest absolute Gasteiger partial charge is 0.454 e. The van der Waals surface area contributed by atoms with E-state index in [0.717, 1.165) is 55.0 Å². The van der Waals surface area contributed by atoms with E-state index in [1.165, 1.54) is 50.2 Å². The molecule has 0 saturated heterocycles. The average Bonchev–Trinajstić information content (AvgIpc) is 2.87. The van der Waals surface area contributed by atoms with Gasteiger partial charge in [0.05, 0.1) is 5.56 Å². The number of benzene rings is 3. The molecule has 6 heteroatoms. The van der Waals surface area contributed by atoms with Gasteiger partial charge in [0.15, 0.2) is 11.6 Å². The summed E-state index contributed by atoms with van der Waals surface area (Å²) < 4.78 is 72.8. The van der Waals surface area contributed by atoms with Crippen molar-refractivity contribution in [2.45, 2.75) is 71.9 Å². The topological polar surface area (TPSA) is 9.23 Å². The highest BCUT2D eigenvalue weighted by molar-refractivity contribution is 5.71. The number of hydrogen-bond acceptors (Lipinski definition) is 1. The molecule has 1 aliphatic carbocycles. The van der Waals surface area contributed by atoms with Crippen LogP contribution in [0.15, 0.2) is 60.7 Å². The molecule has 1 nitrogen and oxygen atoms in total. The summed E-state index contributed by atoms with van der Waals surface area (Å²) in [5.41, 5.74) is 1.30. The normalized spacial score (nSPS) is 17.8. The molecule has 0 spiro atoms. The van der Waals surface area contributed by atoms with Crippen LogP contribution in [0.5, 0.6) is 11.5 Å². The molecule has 1 saturated carbocycles. The molecule has 37 heavy (non-hydrogen) atoms. The van der Waals surface area contributed by atoms with Gasteiger partial charge in [0.1, 0.15) is 5.75 Å². The molecule has 3 aromatic rings.